The lowest BCUT2D eigenvalue weighted by atomic mass is 10.0. The van der Waals surface area contributed by atoms with Crippen LogP contribution in [0.3, 0.4) is 0 Å². The van der Waals surface area contributed by atoms with Crippen molar-refractivity contribution < 1.29 is 35.9 Å². The van der Waals surface area contributed by atoms with Crippen molar-refractivity contribution in [1.29, 1.82) is 0 Å². The minimum atomic E-state index is -3.35. The van der Waals surface area contributed by atoms with Crippen LogP contribution < -0.4 is 10.5 Å². The zero-order valence-electron chi connectivity index (χ0n) is 24.3. The maximum absolute atomic E-state index is 11.7. The van der Waals surface area contributed by atoms with Crippen LogP contribution in [0, 0.1) is 0 Å². The van der Waals surface area contributed by atoms with Crippen LogP contribution in [0.5, 0.6) is 0 Å². The average molecular weight is 709 g/mol. The van der Waals surface area contributed by atoms with E-state index in [1.54, 1.807) is 32.9 Å². The molecule has 2 aromatic carbocycles. The number of halogens is 1. The van der Waals surface area contributed by atoms with E-state index >= 15 is 0 Å². The number of fused-ring (bicyclic) bond motifs is 2. The van der Waals surface area contributed by atoms with Crippen molar-refractivity contribution in [3.05, 3.63) is 47.5 Å². The summed E-state index contributed by atoms with van der Waals surface area (Å²) in [6.45, 7) is 7.92. The number of esters is 2. The average Bonchev–Trinajstić information content (AvgIpc) is 3.46. The van der Waals surface area contributed by atoms with E-state index < -0.39 is 19.1 Å². The molecule has 12 nitrogen and oxygen atoms in total. The van der Waals surface area contributed by atoms with Gasteiger partial charge >= 0.3 is 11.9 Å². The Hall–Kier alpha value is -3.05. The molecule has 0 radical (unpaired) electrons. The van der Waals surface area contributed by atoms with E-state index in [4.69, 9.17) is 15.2 Å². The Kier molecular flexibility index (Phi) is 14.9. The number of nitrogens with one attached hydrogen (secondary N) is 1. The van der Waals surface area contributed by atoms with Crippen molar-refractivity contribution in [3.8, 4) is 0 Å². The fourth-order valence-corrected chi connectivity index (χ4v) is 5.98. The molecule has 0 aliphatic rings. The summed E-state index contributed by atoms with van der Waals surface area (Å²) in [4.78, 5) is 31.7. The number of hydrogen-bond acceptors (Lipinski definition) is 13. The van der Waals surface area contributed by atoms with Crippen LogP contribution in [0.1, 0.15) is 58.1 Å². The van der Waals surface area contributed by atoms with Gasteiger partial charge in [-0.15, -0.1) is 0 Å². The molecule has 0 fully saturated rings. The van der Waals surface area contributed by atoms with Crippen LogP contribution >= 0.6 is 33.4 Å². The van der Waals surface area contributed by atoms with Gasteiger partial charge in [-0.05, 0) is 63.1 Å². The number of hydrogen-bond donors (Lipinski definition) is 2. The number of anilines is 2. The van der Waals surface area contributed by atoms with E-state index in [0.717, 1.165) is 38.6 Å². The first-order chi connectivity index (χ1) is 19.9. The molecule has 0 aliphatic carbocycles. The summed E-state index contributed by atoms with van der Waals surface area (Å²) in [6.07, 6.45) is 2.00. The SMILES string of the molecule is C.CCOC(=O)C(C)c1ccc2nc(N)sc2c1.CCOC(=O)C(C)c1ccc2nc(NS(C)(=O)=O)sc2c1.CS(=O)(=O)Cl. The Morgan fingerprint density at radius 3 is 1.68 bits per heavy atom. The number of nitrogen functional groups attached to an aromatic ring is 1. The highest BCUT2D eigenvalue weighted by Gasteiger charge is 2.18. The second-order valence-corrected chi connectivity index (χ2v) is 15.9. The maximum Gasteiger partial charge on any atom is 0.313 e. The number of ether oxygens (including phenoxy) is 2. The minimum absolute atomic E-state index is 0. The Labute approximate surface area is 270 Å². The topological polar surface area (TPSA) is 185 Å². The van der Waals surface area contributed by atoms with Crippen LogP contribution in [0.15, 0.2) is 36.4 Å². The summed E-state index contributed by atoms with van der Waals surface area (Å²) in [7, 11) is -2.04. The van der Waals surface area contributed by atoms with Gasteiger partial charge in [0, 0.05) is 10.7 Å². The minimum Gasteiger partial charge on any atom is -0.466 e. The van der Waals surface area contributed by atoms with Gasteiger partial charge in [0.1, 0.15) is 0 Å². The fraction of sp³-hybridized carbons (Fsp3) is 0.407. The molecule has 2 unspecified atom stereocenters. The van der Waals surface area contributed by atoms with Crippen molar-refractivity contribution >= 4 is 95.1 Å². The summed E-state index contributed by atoms with van der Waals surface area (Å²) in [5.41, 5.74) is 8.94. The molecule has 0 spiro atoms. The molecule has 0 aliphatic heterocycles. The lowest BCUT2D eigenvalue weighted by Gasteiger charge is -2.10. The summed E-state index contributed by atoms with van der Waals surface area (Å²) >= 11 is 2.65. The van der Waals surface area contributed by atoms with Crippen LogP contribution in [-0.2, 0) is 38.1 Å². The molecule has 4 aromatic rings. The Bertz CT molecular complexity index is 1780. The molecule has 0 saturated heterocycles. The predicted octanol–water partition coefficient (Wildman–Crippen LogP) is 5.70. The molecule has 0 saturated carbocycles. The highest BCUT2D eigenvalue weighted by Crippen LogP contribution is 2.30. The standard InChI is InChI=1S/C13H16N2O4S2.C12H14N2O2S.CH3ClO2S.CH4/c1-4-19-12(16)8(2)9-5-6-10-11(7-9)20-13(14-10)15-21(3,17)18;1-3-16-11(15)7(2)8-4-5-9-10(6-8)17-12(13)14-9;1-5(2,3)4;/h5-8H,4H2,1-3H3,(H,14,15);4-7H,3H2,1-2H3,(H2,13,14);1H3;1H4. The maximum atomic E-state index is 11.7. The van der Waals surface area contributed by atoms with E-state index in [2.05, 4.69) is 25.4 Å². The van der Waals surface area contributed by atoms with Gasteiger partial charge in [-0.2, -0.15) is 0 Å². The van der Waals surface area contributed by atoms with E-state index in [0.29, 0.717) is 29.0 Å². The number of benzene rings is 2. The molecule has 0 amide bonds. The van der Waals surface area contributed by atoms with Gasteiger partial charge in [0.25, 0.3) is 0 Å². The number of carbonyl (C=O) groups is 2. The van der Waals surface area contributed by atoms with Gasteiger partial charge in [0.2, 0.25) is 19.1 Å². The molecule has 3 N–H and O–H groups in total. The van der Waals surface area contributed by atoms with Crippen molar-refractivity contribution in [2.24, 2.45) is 0 Å². The fourth-order valence-electron chi connectivity index (χ4n) is 3.45. The van der Waals surface area contributed by atoms with Crippen molar-refractivity contribution in [3.63, 3.8) is 0 Å². The quantitative estimate of drug-likeness (QED) is 0.169. The van der Waals surface area contributed by atoms with Gasteiger partial charge in [-0.25, -0.2) is 26.8 Å². The number of nitrogens with two attached hydrogens (primary N) is 1. The summed E-state index contributed by atoms with van der Waals surface area (Å²) in [5, 5.41) is 0.856. The predicted molar refractivity (Wildman–Crippen MR) is 180 cm³/mol. The van der Waals surface area contributed by atoms with Crippen LogP contribution in [0.25, 0.3) is 20.4 Å². The molecule has 2 heterocycles. The highest BCUT2D eigenvalue weighted by atomic mass is 35.7. The van der Waals surface area contributed by atoms with Crippen LogP contribution in [0.2, 0.25) is 0 Å². The molecule has 2 aromatic heterocycles. The largest absolute Gasteiger partial charge is 0.466 e. The third kappa shape index (κ3) is 12.9. The number of thiazole rings is 2. The Morgan fingerprint density at radius 2 is 1.27 bits per heavy atom. The van der Waals surface area contributed by atoms with E-state index in [9.17, 15) is 26.4 Å². The van der Waals surface area contributed by atoms with Gasteiger partial charge in [0.05, 0.1) is 58.0 Å². The molecule has 44 heavy (non-hydrogen) atoms. The van der Waals surface area contributed by atoms with E-state index in [-0.39, 0.29) is 31.2 Å². The van der Waals surface area contributed by atoms with Crippen molar-refractivity contribution in [1.82, 2.24) is 9.97 Å². The summed E-state index contributed by atoms with van der Waals surface area (Å²) < 4.78 is 55.4. The lowest BCUT2D eigenvalue weighted by molar-refractivity contribution is -0.145. The first kappa shape index (κ1) is 39.0. The number of nitrogens with zero attached hydrogens (tertiary/aromatic N) is 2. The smallest absolute Gasteiger partial charge is 0.313 e. The molecule has 0 bridgehead atoms. The molecule has 17 heteroatoms. The second-order valence-electron chi connectivity index (χ2n) is 9.03. The third-order valence-corrected chi connectivity index (χ3v) is 7.87. The van der Waals surface area contributed by atoms with Gasteiger partial charge < -0.3 is 15.2 Å². The Balaban J connectivity index is 0.000000380. The highest BCUT2D eigenvalue weighted by molar-refractivity contribution is 8.13. The lowest BCUT2D eigenvalue weighted by Crippen LogP contribution is -2.12. The van der Waals surface area contributed by atoms with Crippen LogP contribution in [-0.4, -0.2) is 64.5 Å². The third-order valence-electron chi connectivity index (χ3n) is 5.39. The van der Waals surface area contributed by atoms with Crippen molar-refractivity contribution in [2.45, 2.75) is 47.0 Å². The zero-order valence-corrected chi connectivity index (χ0v) is 28.3. The first-order valence-corrected chi connectivity index (χ1v) is 18.9. The summed E-state index contributed by atoms with van der Waals surface area (Å²) in [5.74, 6) is -1.12. The number of carbonyl (C=O) groups excluding carboxylic acids is 2. The van der Waals surface area contributed by atoms with Crippen LogP contribution in [0.4, 0.5) is 10.3 Å². The van der Waals surface area contributed by atoms with Crippen molar-refractivity contribution in [2.75, 3.05) is 36.2 Å². The van der Waals surface area contributed by atoms with Gasteiger partial charge in [-0.3, -0.25) is 14.3 Å². The monoisotopic (exact) mass is 708 g/mol. The summed E-state index contributed by atoms with van der Waals surface area (Å²) in [6, 6.07) is 11.1. The molecular formula is C27H37ClN4O8S4. The number of rotatable bonds is 8. The number of sulfonamides is 1. The first-order valence-electron chi connectivity index (χ1n) is 12.7. The van der Waals surface area contributed by atoms with E-state index in [1.165, 1.54) is 22.7 Å². The molecule has 244 valence electrons. The number of aromatic nitrogens is 2. The second kappa shape index (κ2) is 16.9. The Morgan fingerprint density at radius 1 is 0.864 bits per heavy atom. The van der Waals surface area contributed by atoms with Gasteiger partial charge in [-0.1, -0.05) is 42.2 Å². The molecular weight excluding hydrogens is 672 g/mol. The van der Waals surface area contributed by atoms with E-state index in [1.807, 2.05) is 31.2 Å². The molecule has 2 atom stereocenters. The zero-order chi connectivity index (χ0) is 32.5. The molecule has 4 rings (SSSR count). The van der Waals surface area contributed by atoms with Gasteiger partial charge in [0.15, 0.2) is 10.3 Å². The normalized spacial score (nSPS) is 12.4.